The summed E-state index contributed by atoms with van der Waals surface area (Å²) in [6.07, 6.45) is 2.92. The molecule has 1 aliphatic carbocycles. The second-order valence-corrected chi connectivity index (χ2v) is 7.46. The molecule has 0 aromatic heterocycles. The van der Waals surface area contributed by atoms with Crippen molar-refractivity contribution in [1.29, 1.82) is 0 Å². The van der Waals surface area contributed by atoms with Crippen LogP contribution in [0.2, 0.25) is 0 Å². The number of nitrogens with one attached hydrogen (secondary N) is 2. The fourth-order valence-electron chi connectivity index (χ4n) is 2.69. The summed E-state index contributed by atoms with van der Waals surface area (Å²) in [5.74, 6) is 0. The van der Waals surface area contributed by atoms with Crippen LogP contribution in [0.3, 0.4) is 0 Å². The lowest BCUT2D eigenvalue weighted by molar-refractivity contribution is 0.114. The second-order valence-electron chi connectivity index (χ2n) is 5.78. The van der Waals surface area contributed by atoms with Crippen LogP contribution in [-0.4, -0.2) is 38.2 Å². The van der Waals surface area contributed by atoms with Gasteiger partial charge < -0.3 is 16.2 Å². The normalized spacial score (nSPS) is 21.7. The molecule has 23 heavy (non-hydrogen) atoms. The van der Waals surface area contributed by atoms with Gasteiger partial charge in [0.15, 0.2) is 0 Å². The molecule has 1 aromatic carbocycles. The summed E-state index contributed by atoms with van der Waals surface area (Å²) in [6.45, 7) is 0.486. The number of aliphatic hydroxyl groups excluding tert-OH is 1. The zero-order valence-corrected chi connectivity index (χ0v) is 13.7. The van der Waals surface area contributed by atoms with Gasteiger partial charge in [-0.25, -0.2) is 17.9 Å². The maximum Gasteiger partial charge on any atom is 0.328 e. The Hall–Kier alpha value is -1.64. The maximum absolute atomic E-state index is 12.2. The number of carbonyl (C=O) groups excluding carboxylic acids is 1. The highest BCUT2D eigenvalue weighted by Crippen LogP contribution is 2.18. The maximum atomic E-state index is 12.2. The number of benzene rings is 1. The Labute approximate surface area is 136 Å². The summed E-state index contributed by atoms with van der Waals surface area (Å²) in [5.41, 5.74) is 6.38. The van der Waals surface area contributed by atoms with Crippen molar-refractivity contribution in [3.63, 3.8) is 0 Å². The van der Waals surface area contributed by atoms with Crippen molar-refractivity contribution in [2.45, 2.75) is 49.1 Å². The van der Waals surface area contributed by atoms with E-state index in [2.05, 4.69) is 5.32 Å². The molecule has 0 bridgehead atoms. The van der Waals surface area contributed by atoms with Crippen LogP contribution in [0, 0.1) is 0 Å². The largest absolute Gasteiger partial charge is 0.393 e. The minimum Gasteiger partial charge on any atom is -0.393 e. The van der Waals surface area contributed by atoms with Gasteiger partial charge in [0, 0.05) is 6.04 Å². The molecule has 128 valence electrons. The Morgan fingerprint density at radius 3 is 2.57 bits per heavy atom. The molecule has 2 rings (SSSR count). The standard InChI is InChI=1S/C15H23N3O4S/c16-9-8-11-4-6-14(7-5-11)23(21,22)18-15(20)17-12-2-1-3-13(19)10-12/h4-7,12-13,19H,1-3,8-10,16H2,(H2,17,18,20)/t12-,13+/m0/s1. The van der Waals surface area contributed by atoms with Crippen LogP contribution in [-0.2, 0) is 16.4 Å². The van der Waals surface area contributed by atoms with Gasteiger partial charge in [-0.1, -0.05) is 12.1 Å². The van der Waals surface area contributed by atoms with Crippen molar-refractivity contribution >= 4 is 16.1 Å². The first-order valence-corrected chi connectivity index (χ1v) is 9.19. The van der Waals surface area contributed by atoms with Crippen molar-refractivity contribution in [2.75, 3.05) is 6.54 Å². The van der Waals surface area contributed by atoms with Gasteiger partial charge in [0.05, 0.1) is 11.0 Å². The van der Waals surface area contributed by atoms with Crippen LogP contribution in [0.5, 0.6) is 0 Å². The fraction of sp³-hybridized carbons (Fsp3) is 0.533. The van der Waals surface area contributed by atoms with Gasteiger partial charge in [0.2, 0.25) is 0 Å². The van der Waals surface area contributed by atoms with Crippen molar-refractivity contribution in [1.82, 2.24) is 10.0 Å². The molecule has 1 fully saturated rings. The zero-order valence-electron chi connectivity index (χ0n) is 12.9. The Morgan fingerprint density at radius 2 is 1.96 bits per heavy atom. The lowest BCUT2D eigenvalue weighted by Crippen LogP contribution is -2.46. The predicted octanol–water partition coefficient (Wildman–Crippen LogP) is 0.479. The molecule has 0 spiro atoms. The first-order chi connectivity index (χ1) is 10.9. The third kappa shape index (κ3) is 5.19. The van der Waals surface area contributed by atoms with E-state index in [-0.39, 0.29) is 10.9 Å². The summed E-state index contributed by atoms with van der Waals surface area (Å²) >= 11 is 0. The smallest absolute Gasteiger partial charge is 0.328 e. The van der Waals surface area contributed by atoms with Gasteiger partial charge in [0.25, 0.3) is 10.0 Å². The fourth-order valence-corrected chi connectivity index (χ4v) is 3.61. The third-order valence-electron chi connectivity index (χ3n) is 3.88. The van der Waals surface area contributed by atoms with E-state index in [1.165, 1.54) is 12.1 Å². The molecule has 2 atom stereocenters. The molecule has 8 heteroatoms. The van der Waals surface area contributed by atoms with Gasteiger partial charge in [-0.2, -0.15) is 0 Å². The van der Waals surface area contributed by atoms with E-state index < -0.39 is 22.2 Å². The average molecular weight is 341 g/mol. The van der Waals surface area contributed by atoms with E-state index >= 15 is 0 Å². The number of hydrogen-bond acceptors (Lipinski definition) is 5. The van der Waals surface area contributed by atoms with Gasteiger partial charge in [0.1, 0.15) is 0 Å². The van der Waals surface area contributed by atoms with Gasteiger partial charge >= 0.3 is 6.03 Å². The molecule has 0 heterocycles. The molecule has 5 N–H and O–H groups in total. The van der Waals surface area contributed by atoms with Gasteiger partial charge in [-0.05, 0) is 56.3 Å². The number of aliphatic hydroxyl groups is 1. The van der Waals surface area contributed by atoms with Gasteiger partial charge in [-0.3, -0.25) is 0 Å². The lowest BCUT2D eigenvalue weighted by Gasteiger charge is -2.26. The third-order valence-corrected chi connectivity index (χ3v) is 5.22. The van der Waals surface area contributed by atoms with Gasteiger partial charge in [-0.15, -0.1) is 0 Å². The molecule has 0 radical (unpaired) electrons. The van der Waals surface area contributed by atoms with E-state index in [9.17, 15) is 18.3 Å². The lowest BCUT2D eigenvalue weighted by atomic mass is 9.93. The van der Waals surface area contributed by atoms with E-state index in [0.29, 0.717) is 25.8 Å². The van der Waals surface area contributed by atoms with Crippen molar-refractivity contribution in [2.24, 2.45) is 5.73 Å². The molecule has 7 nitrogen and oxygen atoms in total. The monoisotopic (exact) mass is 341 g/mol. The highest BCUT2D eigenvalue weighted by atomic mass is 32.2. The number of hydrogen-bond donors (Lipinski definition) is 4. The number of amides is 2. The summed E-state index contributed by atoms with van der Waals surface area (Å²) in [6, 6.07) is 5.28. The summed E-state index contributed by atoms with van der Waals surface area (Å²) in [7, 11) is -3.91. The molecule has 0 aliphatic heterocycles. The molecule has 0 saturated heterocycles. The summed E-state index contributed by atoms with van der Waals surface area (Å²) in [5, 5.41) is 12.2. The number of rotatable bonds is 5. The summed E-state index contributed by atoms with van der Waals surface area (Å²) < 4.78 is 26.3. The van der Waals surface area contributed by atoms with Crippen LogP contribution in [0.25, 0.3) is 0 Å². The zero-order chi connectivity index (χ0) is 16.9. The minimum absolute atomic E-state index is 0.0251. The van der Waals surface area contributed by atoms with Crippen LogP contribution >= 0.6 is 0 Å². The summed E-state index contributed by atoms with van der Waals surface area (Å²) in [4.78, 5) is 11.9. The molecule has 2 amide bonds. The van der Waals surface area contributed by atoms with Crippen LogP contribution in [0.4, 0.5) is 4.79 Å². The SMILES string of the molecule is NCCc1ccc(S(=O)(=O)NC(=O)N[C@H]2CCC[C@@H](O)C2)cc1. The number of nitrogens with two attached hydrogens (primary N) is 1. The molecule has 1 saturated carbocycles. The number of sulfonamides is 1. The second kappa shape index (κ2) is 7.76. The highest BCUT2D eigenvalue weighted by molar-refractivity contribution is 7.90. The van der Waals surface area contributed by atoms with Crippen LogP contribution < -0.4 is 15.8 Å². The molecule has 1 aromatic rings. The van der Waals surface area contributed by atoms with Crippen molar-refractivity contribution < 1.29 is 18.3 Å². The van der Waals surface area contributed by atoms with E-state index in [1.807, 2.05) is 4.72 Å². The quantitative estimate of drug-likeness (QED) is 0.620. The Bertz CT molecular complexity index is 631. The number of carbonyl (C=O) groups is 1. The van der Waals surface area contributed by atoms with Crippen LogP contribution in [0.1, 0.15) is 31.2 Å². The molecule has 1 aliphatic rings. The van der Waals surface area contributed by atoms with Crippen LogP contribution in [0.15, 0.2) is 29.2 Å². The average Bonchev–Trinajstić information content (AvgIpc) is 2.47. The van der Waals surface area contributed by atoms with E-state index in [4.69, 9.17) is 5.73 Å². The number of urea groups is 1. The van der Waals surface area contributed by atoms with Crippen molar-refractivity contribution in [3.8, 4) is 0 Å². The predicted molar refractivity (Wildman–Crippen MR) is 86.3 cm³/mol. The molecular weight excluding hydrogens is 318 g/mol. The van der Waals surface area contributed by atoms with E-state index in [0.717, 1.165) is 18.4 Å². The van der Waals surface area contributed by atoms with Crippen molar-refractivity contribution in [3.05, 3.63) is 29.8 Å². The first kappa shape index (κ1) is 17.7. The Balaban J connectivity index is 1.95. The Kier molecular flexibility index (Phi) is 5.97. The molecule has 0 unspecified atom stereocenters. The topological polar surface area (TPSA) is 122 Å². The highest BCUT2D eigenvalue weighted by Gasteiger charge is 2.24. The first-order valence-electron chi connectivity index (χ1n) is 7.71. The van der Waals surface area contributed by atoms with E-state index in [1.54, 1.807) is 12.1 Å². The minimum atomic E-state index is -3.91. The molecular formula is C15H23N3O4S. The Morgan fingerprint density at radius 1 is 1.26 bits per heavy atom.